The Labute approximate surface area is 87.9 Å². The second-order valence-corrected chi connectivity index (χ2v) is 3.01. The Balaban J connectivity index is 0. The molecule has 0 heterocycles. The molecule has 0 aliphatic carbocycles. The van der Waals surface area contributed by atoms with Gasteiger partial charge in [0, 0.05) is 19.0 Å². The Hall–Kier alpha value is -0.270. The van der Waals surface area contributed by atoms with E-state index in [-0.39, 0.29) is 0 Å². The fraction of sp³-hybridized carbons (Fsp3) is 0.636. The molecule has 0 unspecified atom stereocenters. The van der Waals surface area contributed by atoms with Gasteiger partial charge in [-0.15, -0.1) is 24.8 Å². The fourth-order valence-corrected chi connectivity index (χ4v) is 0.821. The van der Waals surface area contributed by atoms with Gasteiger partial charge in [-0.2, -0.15) is 0 Å². The van der Waals surface area contributed by atoms with Crippen molar-refractivity contribution in [3.63, 3.8) is 0 Å². The van der Waals surface area contributed by atoms with Gasteiger partial charge < -0.3 is 5.32 Å². The van der Waals surface area contributed by atoms with Crippen LogP contribution < -0.4 is 5.32 Å². The molecule has 0 saturated heterocycles. The number of hydrogen-bond donors (Lipinski definition) is 1. The van der Waals surface area contributed by atoms with Crippen LogP contribution in [0.4, 0.5) is 0 Å². The van der Waals surface area contributed by atoms with Crippen LogP contribution in [0.25, 0.3) is 0 Å². The van der Waals surface area contributed by atoms with Crippen molar-refractivity contribution in [2.45, 2.75) is 26.2 Å². The third-order valence-corrected chi connectivity index (χ3v) is 1.58. The zero-order chi connectivity index (χ0) is 10.4. The molecule has 13 heavy (non-hydrogen) atoms. The van der Waals surface area contributed by atoms with E-state index in [1.54, 1.807) is 0 Å². The molecule has 0 atom stereocenters. The smallest absolute Gasteiger partial charge is 0.0223 e. The summed E-state index contributed by atoms with van der Waals surface area (Å²) in [6.45, 7) is 11.0. The van der Waals surface area contributed by atoms with Gasteiger partial charge >= 0.3 is 0 Å². The highest BCUT2D eigenvalue weighted by Gasteiger charge is 1.76. The molecule has 0 aliphatic heterocycles. The maximum Gasteiger partial charge on any atom is 0.0223 e. The van der Waals surface area contributed by atoms with E-state index in [1.165, 1.54) is 19.3 Å². The number of nitrogens with one attached hydrogen (secondary N) is 1. The maximum atomic E-state index is 5.38. The van der Waals surface area contributed by atoms with Gasteiger partial charge in [0.25, 0.3) is 0 Å². The summed E-state index contributed by atoms with van der Waals surface area (Å²) in [5, 5.41) is 3.05. The molecule has 0 rings (SSSR count). The lowest BCUT2D eigenvalue weighted by molar-refractivity contribution is 0.776. The largest absolute Gasteiger partial charge is 0.310 e. The number of halogens is 1. The van der Waals surface area contributed by atoms with Crippen molar-refractivity contribution >= 4 is 11.6 Å². The molecule has 0 bridgehead atoms. The minimum Gasteiger partial charge on any atom is -0.310 e. The van der Waals surface area contributed by atoms with Crippen molar-refractivity contribution < 1.29 is 0 Å². The first-order valence-electron chi connectivity index (χ1n) is 4.81. The fourth-order valence-electron chi connectivity index (χ4n) is 0.632. The molecule has 1 N–H and O–H groups in total. The quantitative estimate of drug-likeness (QED) is 0.380. The van der Waals surface area contributed by atoms with Gasteiger partial charge in [-0.1, -0.05) is 31.9 Å². The molecule has 0 amide bonds. The van der Waals surface area contributed by atoms with Crippen molar-refractivity contribution in [1.29, 1.82) is 0 Å². The van der Waals surface area contributed by atoms with Crippen LogP contribution in [-0.4, -0.2) is 19.0 Å². The van der Waals surface area contributed by atoms with Gasteiger partial charge in [0.1, 0.15) is 0 Å². The van der Waals surface area contributed by atoms with E-state index in [0.717, 1.165) is 19.0 Å². The molecule has 1 nitrogen and oxygen atoms in total. The Morgan fingerprint density at radius 1 is 1.15 bits per heavy atom. The minimum atomic E-state index is 0.827. The highest BCUT2D eigenvalue weighted by molar-refractivity contribution is 6.17. The molecule has 0 aromatic carbocycles. The highest BCUT2D eigenvalue weighted by atomic mass is 35.5. The summed E-state index contributed by atoms with van der Waals surface area (Å²) in [5.41, 5.74) is 0. The molecule has 0 aromatic rings. The Morgan fingerprint density at radius 3 is 1.92 bits per heavy atom. The number of rotatable bonds is 7. The predicted octanol–water partition coefficient (Wildman–Crippen LogP) is 3.36. The summed E-state index contributed by atoms with van der Waals surface area (Å²) in [6.07, 6.45) is 7.38. The number of hydrogen-bond acceptors (Lipinski definition) is 1. The molecule has 0 aromatic heterocycles. The minimum absolute atomic E-state index is 0.827. The molecule has 0 saturated carbocycles. The first kappa shape index (κ1) is 15.2. The van der Waals surface area contributed by atoms with Crippen molar-refractivity contribution in [2.24, 2.45) is 0 Å². The van der Waals surface area contributed by atoms with E-state index in [9.17, 15) is 0 Å². The third kappa shape index (κ3) is 24.5. The highest BCUT2D eigenvalue weighted by Crippen LogP contribution is 1.93. The van der Waals surface area contributed by atoms with Crippen LogP contribution in [0.5, 0.6) is 0 Å². The van der Waals surface area contributed by atoms with Gasteiger partial charge in [-0.05, 0) is 6.42 Å². The van der Waals surface area contributed by atoms with Crippen LogP contribution in [0.3, 0.4) is 0 Å². The Kier molecular flexibility index (Phi) is 20.7. The normalized spacial score (nSPS) is 8.46. The number of unbranched alkanes of at least 4 members (excludes halogenated alkanes) is 2. The van der Waals surface area contributed by atoms with Crippen LogP contribution in [0.15, 0.2) is 25.3 Å². The summed E-state index contributed by atoms with van der Waals surface area (Å²) in [7, 11) is 0. The monoisotopic (exact) mass is 203 g/mol. The first-order valence-corrected chi connectivity index (χ1v) is 5.35. The van der Waals surface area contributed by atoms with Crippen LogP contribution in [0.1, 0.15) is 26.2 Å². The summed E-state index contributed by atoms with van der Waals surface area (Å²) in [6, 6.07) is 0. The van der Waals surface area contributed by atoms with Crippen LogP contribution in [-0.2, 0) is 0 Å². The maximum absolute atomic E-state index is 5.38. The van der Waals surface area contributed by atoms with Crippen LogP contribution in [0.2, 0.25) is 0 Å². The van der Waals surface area contributed by atoms with E-state index in [1.807, 2.05) is 12.2 Å². The van der Waals surface area contributed by atoms with Crippen LogP contribution >= 0.6 is 11.6 Å². The van der Waals surface area contributed by atoms with E-state index < -0.39 is 0 Å². The Bertz CT molecular complexity index is 90.3. The van der Waals surface area contributed by atoms with Crippen molar-refractivity contribution in [3.05, 3.63) is 25.3 Å². The summed E-state index contributed by atoms with van der Waals surface area (Å²) < 4.78 is 0. The zero-order valence-corrected chi connectivity index (χ0v) is 9.45. The van der Waals surface area contributed by atoms with Crippen LogP contribution in [0, 0.1) is 0 Å². The van der Waals surface area contributed by atoms with Gasteiger partial charge in [0.15, 0.2) is 0 Å². The molecule has 0 radical (unpaired) electrons. The van der Waals surface area contributed by atoms with E-state index in [0.29, 0.717) is 0 Å². The van der Waals surface area contributed by atoms with Gasteiger partial charge in [0.2, 0.25) is 0 Å². The average molecular weight is 204 g/mol. The molecular weight excluding hydrogens is 182 g/mol. The van der Waals surface area contributed by atoms with Crippen molar-refractivity contribution in [1.82, 2.24) is 5.32 Å². The first-order chi connectivity index (χ1) is 6.33. The standard InChI is InChI=1S/C6H11N.C5H11Cl/c1-3-5-7-6-4-2;1-2-3-4-5-6/h3-4,7H,1-2,5-6H2;2-5H2,1H3. The lowest BCUT2D eigenvalue weighted by Gasteiger charge is -1.90. The molecule has 0 aliphatic rings. The predicted molar refractivity (Wildman–Crippen MR) is 63.5 cm³/mol. The van der Waals surface area contributed by atoms with E-state index in [2.05, 4.69) is 25.4 Å². The molecule has 0 spiro atoms. The lowest BCUT2D eigenvalue weighted by atomic mass is 10.3. The third-order valence-electron chi connectivity index (χ3n) is 1.31. The second kappa shape index (κ2) is 17.7. The Morgan fingerprint density at radius 2 is 1.69 bits per heavy atom. The topological polar surface area (TPSA) is 12.0 Å². The number of alkyl halides is 1. The molecule has 2 heteroatoms. The van der Waals surface area contributed by atoms with Crippen molar-refractivity contribution in [3.8, 4) is 0 Å². The molecule has 0 fully saturated rings. The summed E-state index contributed by atoms with van der Waals surface area (Å²) in [4.78, 5) is 0. The second-order valence-electron chi connectivity index (χ2n) is 2.63. The van der Waals surface area contributed by atoms with Gasteiger partial charge in [-0.3, -0.25) is 0 Å². The van der Waals surface area contributed by atoms with Crippen molar-refractivity contribution in [2.75, 3.05) is 19.0 Å². The van der Waals surface area contributed by atoms with Gasteiger partial charge in [0.05, 0.1) is 0 Å². The zero-order valence-electron chi connectivity index (χ0n) is 8.69. The van der Waals surface area contributed by atoms with Gasteiger partial charge in [-0.25, -0.2) is 0 Å². The summed E-state index contributed by atoms with van der Waals surface area (Å²) in [5.74, 6) is 0.827. The average Bonchev–Trinajstić information content (AvgIpc) is 2.17. The molecular formula is C11H22ClN. The summed E-state index contributed by atoms with van der Waals surface area (Å²) >= 11 is 5.38. The van der Waals surface area contributed by atoms with E-state index >= 15 is 0 Å². The lowest BCUT2D eigenvalue weighted by Crippen LogP contribution is -2.11. The molecule has 78 valence electrons. The van der Waals surface area contributed by atoms with E-state index in [4.69, 9.17) is 11.6 Å². The SMILES string of the molecule is C=CCNCC=C.CCCCCCl.